The predicted octanol–water partition coefficient (Wildman–Crippen LogP) is 5.78. The summed E-state index contributed by atoms with van der Waals surface area (Å²) >= 11 is 6.01. The van der Waals surface area contributed by atoms with E-state index < -0.39 is 0 Å². The molecule has 3 aromatic rings. The summed E-state index contributed by atoms with van der Waals surface area (Å²) in [6.45, 7) is 6.70. The van der Waals surface area contributed by atoms with E-state index in [9.17, 15) is 0 Å². The van der Waals surface area contributed by atoms with Crippen molar-refractivity contribution in [2.45, 2.75) is 32.6 Å². The molecule has 0 aliphatic rings. The zero-order valence-corrected chi connectivity index (χ0v) is 14.0. The van der Waals surface area contributed by atoms with Crippen molar-refractivity contribution in [3.05, 3.63) is 76.4 Å². The SMILES string of the molecule is CC(C)(C)c1ccc(Cc2ccc3cc(Cl)ccc3n2)cc1. The van der Waals surface area contributed by atoms with E-state index in [-0.39, 0.29) is 5.41 Å². The molecule has 0 amide bonds. The van der Waals surface area contributed by atoms with Crippen LogP contribution in [0.25, 0.3) is 10.9 Å². The molecular formula is C20H20ClN. The average Bonchev–Trinajstić information content (AvgIpc) is 2.47. The molecule has 0 spiro atoms. The number of hydrogen-bond acceptors (Lipinski definition) is 1. The molecule has 112 valence electrons. The monoisotopic (exact) mass is 309 g/mol. The molecule has 0 atom stereocenters. The topological polar surface area (TPSA) is 12.9 Å². The Morgan fingerprint density at radius 2 is 1.64 bits per heavy atom. The van der Waals surface area contributed by atoms with Crippen LogP contribution in [0.3, 0.4) is 0 Å². The first kappa shape index (κ1) is 15.1. The van der Waals surface area contributed by atoms with Gasteiger partial charge in [-0.1, -0.05) is 62.7 Å². The molecule has 0 aliphatic heterocycles. The Hall–Kier alpha value is -1.86. The van der Waals surface area contributed by atoms with Gasteiger partial charge in [0.15, 0.2) is 0 Å². The van der Waals surface area contributed by atoms with Crippen LogP contribution in [0.4, 0.5) is 0 Å². The summed E-state index contributed by atoms with van der Waals surface area (Å²) in [6.07, 6.45) is 0.850. The lowest BCUT2D eigenvalue weighted by Gasteiger charge is -2.19. The summed E-state index contributed by atoms with van der Waals surface area (Å²) in [6, 6.07) is 18.8. The summed E-state index contributed by atoms with van der Waals surface area (Å²) in [4.78, 5) is 4.72. The third-order valence-corrected chi connectivity index (χ3v) is 4.15. The van der Waals surface area contributed by atoms with Gasteiger partial charge in [-0.05, 0) is 40.8 Å². The maximum atomic E-state index is 6.01. The molecule has 0 N–H and O–H groups in total. The molecule has 1 nitrogen and oxygen atoms in total. The number of rotatable bonds is 2. The fourth-order valence-corrected chi connectivity index (χ4v) is 2.75. The van der Waals surface area contributed by atoms with Gasteiger partial charge in [0.05, 0.1) is 5.52 Å². The summed E-state index contributed by atoms with van der Waals surface area (Å²) in [5, 5.41) is 1.83. The minimum absolute atomic E-state index is 0.193. The molecule has 1 aromatic heterocycles. The Morgan fingerprint density at radius 3 is 2.32 bits per heavy atom. The number of pyridine rings is 1. The molecule has 3 rings (SSSR count). The van der Waals surface area contributed by atoms with E-state index in [0.717, 1.165) is 28.0 Å². The third kappa shape index (κ3) is 3.31. The van der Waals surface area contributed by atoms with Crippen LogP contribution in [0.15, 0.2) is 54.6 Å². The lowest BCUT2D eigenvalue weighted by atomic mass is 9.86. The van der Waals surface area contributed by atoms with Gasteiger partial charge in [0.2, 0.25) is 0 Å². The molecule has 0 saturated heterocycles. The van der Waals surface area contributed by atoms with Gasteiger partial charge < -0.3 is 0 Å². The van der Waals surface area contributed by atoms with E-state index in [2.05, 4.69) is 57.2 Å². The Labute approximate surface area is 137 Å². The zero-order chi connectivity index (χ0) is 15.7. The molecule has 2 heteroatoms. The van der Waals surface area contributed by atoms with Crippen LogP contribution in [0.2, 0.25) is 5.02 Å². The van der Waals surface area contributed by atoms with E-state index in [4.69, 9.17) is 16.6 Å². The van der Waals surface area contributed by atoms with Crippen LogP contribution in [-0.2, 0) is 11.8 Å². The van der Waals surface area contributed by atoms with Crippen molar-refractivity contribution in [1.82, 2.24) is 4.98 Å². The van der Waals surface area contributed by atoms with E-state index >= 15 is 0 Å². The van der Waals surface area contributed by atoms with Crippen molar-refractivity contribution in [3.8, 4) is 0 Å². The van der Waals surface area contributed by atoms with Crippen molar-refractivity contribution in [2.75, 3.05) is 0 Å². The van der Waals surface area contributed by atoms with E-state index in [1.165, 1.54) is 11.1 Å². The Kier molecular flexibility index (Phi) is 3.92. The molecule has 0 aliphatic carbocycles. The normalized spacial score (nSPS) is 11.8. The highest BCUT2D eigenvalue weighted by molar-refractivity contribution is 6.31. The van der Waals surface area contributed by atoms with E-state index in [1.807, 2.05) is 18.2 Å². The fraction of sp³-hybridized carbons (Fsp3) is 0.250. The molecule has 0 unspecified atom stereocenters. The number of aromatic nitrogens is 1. The van der Waals surface area contributed by atoms with Gasteiger partial charge in [0.1, 0.15) is 0 Å². The van der Waals surface area contributed by atoms with Crippen molar-refractivity contribution in [3.63, 3.8) is 0 Å². The summed E-state index contributed by atoms with van der Waals surface area (Å²) in [5.74, 6) is 0. The Bertz CT molecular complexity index is 798. The molecule has 0 radical (unpaired) electrons. The van der Waals surface area contributed by atoms with Gasteiger partial charge in [0.25, 0.3) is 0 Å². The number of halogens is 1. The fourth-order valence-electron chi connectivity index (χ4n) is 2.57. The van der Waals surface area contributed by atoms with E-state index in [0.29, 0.717) is 0 Å². The third-order valence-electron chi connectivity index (χ3n) is 3.91. The van der Waals surface area contributed by atoms with Crippen LogP contribution in [0.1, 0.15) is 37.6 Å². The Balaban J connectivity index is 1.85. The smallest absolute Gasteiger partial charge is 0.0706 e. The van der Waals surface area contributed by atoms with Crippen LogP contribution >= 0.6 is 11.6 Å². The summed E-state index contributed by atoms with van der Waals surface area (Å²) < 4.78 is 0. The molecule has 0 fully saturated rings. The highest BCUT2D eigenvalue weighted by Crippen LogP contribution is 2.23. The minimum Gasteiger partial charge on any atom is -0.252 e. The Morgan fingerprint density at radius 1 is 0.909 bits per heavy atom. The van der Waals surface area contributed by atoms with Gasteiger partial charge in [-0.3, -0.25) is 4.98 Å². The highest BCUT2D eigenvalue weighted by atomic mass is 35.5. The highest BCUT2D eigenvalue weighted by Gasteiger charge is 2.12. The first-order valence-corrected chi connectivity index (χ1v) is 7.94. The van der Waals surface area contributed by atoms with Gasteiger partial charge in [-0.25, -0.2) is 0 Å². The average molecular weight is 310 g/mol. The molecule has 22 heavy (non-hydrogen) atoms. The van der Waals surface area contributed by atoms with Gasteiger partial charge in [-0.2, -0.15) is 0 Å². The molecule has 0 bridgehead atoms. The van der Waals surface area contributed by atoms with Crippen LogP contribution < -0.4 is 0 Å². The quantitative estimate of drug-likeness (QED) is 0.585. The van der Waals surface area contributed by atoms with E-state index in [1.54, 1.807) is 0 Å². The summed E-state index contributed by atoms with van der Waals surface area (Å²) in [5.41, 5.74) is 4.91. The number of hydrogen-bond donors (Lipinski definition) is 0. The standard InChI is InChI=1S/C20H20ClN/c1-20(2,3)16-7-4-14(5-8-16)12-18-10-6-15-13-17(21)9-11-19(15)22-18/h4-11,13H,12H2,1-3H3. The lowest BCUT2D eigenvalue weighted by molar-refractivity contribution is 0.590. The van der Waals surface area contributed by atoms with Crippen molar-refractivity contribution >= 4 is 22.5 Å². The van der Waals surface area contributed by atoms with Crippen LogP contribution in [-0.4, -0.2) is 4.98 Å². The predicted molar refractivity (Wildman–Crippen MR) is 94.7 cm³/mol. The number of benzene rings is 2. The van der Waals surface area contributed by atoms with Gasteiger partial charge in [-0.15, -0.1) is 0 Å². The second-order valence-electron chi connectivity index (χ2n) is 6.76. The van der Waals surface area contributed by atoms with Crippen LogP contribution in [0.5, 0.6) is 0 Å². The maximum Gasteiger partial charge on any atom is 0.0706 e. The second kappa shape index (κ2) is 5.73. The largest absolute Gasteiger partial charge is 0.252 e. The second-order valence-corrected chi connectivity index (χ2v) is 7.20. The zero-order valence-electron chi connectivity index (χ0n) is 13.2. The lowest BCUT2D eigenvalue weighted by Crippen LogP contribution is -2.10. The van der Waals surface area contributed by atoms with Crippen molar-refractivity contribution < 1.29 is 0 Å². The van der Waals surface area contributed by atoms with Crippen molar-refractivity contribution in [1.29, 1.82) is 0 Å². The molecule has 1 heterocycles. The minimum atomic E-state index is 0.193. The summed E-state index contributed by atoms with van der Waals surface area (Å²) in [7, 11) is 0. The number of nitrogens with zero attached hydrogens (tertiary/aromatic N) is 1. The first-order chi connectivity index (χ1) is 10.4. The number of fused-ring (bicyclic) bond motifs is 1. The molecule has 2 aromatic carbocycles. The van der Waals surface area contributed by atoms with Gasteiger partial charge >= 0.3 is 0 Å². The molecular weight excluding hydrogens is 290 g/mol. The maximum absolute atomic E-state index is 6.01. The molecule has 0 saturated carbocycles. The van der Waals surface area contributed by atoms with Crippen LogP contribution in [0, 0.1) is 0 Å². The first-order valence-electron chi connectivity index (χ1n) is 7.56. The van der Waals surface area contributed by atoms with Gasteiger partial charge in [0, 0.05) is 22.5 Å². The van der Waals surface area contributed by atoms with Crippen molar-refractivity contribution in [2.24, 2.45) is 0 Å².